The molecule has 0 aromatic carbocycles. The minimum absolute atomic E-state index is 0.714. The summed E-state index contributed by atoms with van der Waals surface area (Å²) in [7, 11) is 2.21. The van der Waals surface area contributed by atoms with E-state index in [-0.39, 0.29) is 0 Å². The first kappa shape index (κ1) is 9.01. The van der Waals surface area contributed by atoms with E-state index >= 15 is 0 Å². The zero-order valence-corrected chi connectivity index (χ0v) is 8.17. The van der Waals surface area contributed by atoms with Gasteiger partial charge in [0.2, 0.25) is 0 Å². The Labute approximate surface area is 70.2 Å². The van der Waals surface area contributed by atoms with E-state index in [2.05, 4.69) is 37.6 Å². The van der Waals surface area contributed by atoms with Gasteiger partial charge in [-0.2, -0.15) is 0 Å². The molecule has 66 valence electrons. The van der Waals surface area contributed by atoms with Crippen molar-refractivity contribution in [2.24, 2.45) is 0 Å². The lowest BCUT2D eigenvalue weighted by molar-refractivity contribution is 0.0832. The van der Waals surface area contributed by atoms with Crippen LogP contribution < -0.4 is 0 Å². The van der Waals surface area contributed by atoms with Crippen molar-refractivity contribution in [1.82, 2.24) is 9.80 Å². The molecule has 1 rings (SSSR count). The van der Waals surface area contributed by atoms with Crippen LogP contribution in [0.3, 0.4) is 0 Å². The highest BCUT2D eigenvalue weighted by molar-refractivity contribution is 4.78. The van der Waals surface area contributed by atoms with E-state index in [0.29, 0.717) is 6.04 Å². The van der Waals surface area contributed by atoms with Crippen molar-refractivity contribution in [1.29, 1.82) is 0 Å². The second-order valence-electron chi connectivity index (χ2n) is 3.92. The van der Waals surface area contributed by atoms with Crippen molar-refractivity contribution in [2.45, 2.75) is 32.9 Å². The van der Waals surface area contributed by atoms with Crippen LogP contribution in [0.1, 0.15) is 20.8 Å². The van der Waals surface area contributed by atoms with Crippen LogP contribution in [0, 0.1) is 0 Å². The topological polar surface area (TPSA) is 6.48 Å². The second-order valence-corrected chi connectivity index (χ2v) is 3.92. The summed E-state index contributed by atoms with van der Waals surface area (Å²) in [5.74, 6) is 0. The molecule has 11 heavy (non-hydrogen) atoms. The number of hydrogen-bond donors (Lipinski definition) is 0. The lowest BCUT2D eigenvalue weighted by atomic mass is 10.2. The van der Waals surface area contributed by atoms with Crippen molar-refractivity contribution in [3.8, 4) is 0 Å². The Kier molecular flexibility index (Phi) is 2.90. The summed E-state index contributed by atoms with van der Waals surface area (Å²) in [5, 5.41) is 0. The number of rotatable bonds is 1. The quantitative estimate of drug-likeness (QED) is 0.559. The van der Waals surface area contributed by atoms with Gasteiger partial charge in [-0.05, 0) is 27.8 Å². The first-order valence-electron chi connectivity index (χ1n) is 4.55. The van der Waals surface area contributed by atoms with Gasteiger partial charge in [-0.15, -0.1) is 0 Å². The molecule has 0 aromatic heterocycles. The van der Waals surface area contributed by atoms with Crippen molar-refractivity contribution in [2.75, 3.05) is 26.7 Å². The smallest absolute Gasteiger partial charge is 0.0192 e. The van der Waals surface area contributed by atoms with Crippen LogP contribution in [0.2, 0.25) is 0 Å². The first-order chi connectivity index (χ1) is 5.11. The largest absolute Gasteiger partial charge is 0.301 e. The van der Waals surface area contributed by atoms with Gasteiger partial charge < -0.3 is 4.90 Å². The highest BCUT2D eigenvalue weighted by Gasteiger charge is 2.21. The van der Waals surface area contributed by atoms with Crippen molar-refractivity contribution < 1.29 is 0 Å². The van der Waals surface area contributed by atoms with Gasteiger partial charge in [0, 0.05) is 31.7 Å². The van der Waals surface area contributed by atoms with E-state index in [1.54, 1.807) is 0 Å². The number of hydrogen-bond acceptors (Lipinski definition) is 2. The molecule has 1 fully saturated rings. The molecule has 0 radical (unpaired) electrons. The Bertz CT molecular complexity index is 123. The Morgan fingerprint density at radius 2 is 1.91 bits per heavy atom. The summed E-state index contributed by atoms with van der Waals surface area (Å²) in [6.07, 6.45) is 0. The molecular weight excluding hydrogens is 136 g/mol. The minimum Gasteiger partial charge on any atom is -0.301 e. The van der Waals surface area contributed by atoms with Crippen molar-refractivity contribution in [3.05, 3.63) is 0 Å². The average Bonchev–Trinajstić information content (AvgIpc) is 1.94. The van der Waals surface area contributed by atoms with Crippen LogP contribution in [-0.4, -0.2) is 48.6 Å². The van der Waals surface area contributed by atoms with Gasteiger partial charge in [0.25, 0.3) is 0 Å². The molecular formula is C9H20N2. The van der Waals surface area contributed by atoms with Gasteiger partial charge in [-0.25, -0.2) is 0 Å². The zero-order chi connectivity index (χ0) is 8.43. The highest BCUT2D eigenvalue weighted by Crippen LogP contribution is 2.09. The second kappa shape index (κ2) is 3.55. The molecule has 0 amide bonds. The summed E-state index contributed by atoms with van der Waals surface area (Å²) in [4.78, 5) is 4.98. The molecule has 0 bridgehead atoms. The van der Waals surface area contributed by atoms with Crippen LogP contribution in [0.4, 0.5) is 0 Å². The third-order valence-corrected chi connectivity index (χ3v) is 2.72. The number of likely N-dealkylation sites (N-methyl/N-ethyl adjacent to an activating group) is 1. The molecule has 1 heterocycles. The van der Waals surface area contributed by atoms with Crippen LogP contribution in [0.25, 0.3) is 0 Å². The minimum atomic E-state index is 0.714. The normalized spacial score (nSPS) is 29.7. The Balaban J connectivity index is 2.40. The predicted molar refractivity (Wildman–Crippen MR) is 48.8 cm³/mol. The standard InChI is InChI=1S/C9H20N2/c1-8(2)11-6-5-10(4)9(3)7-11/h8-9H,5-7H2,1-4H3/t9-/m1/s1. The third kappa shape index (κ3) is 2.17. The van der Waals surface area contributed by atoms with Crippen LogP contribution in [-0.2, 0) is 0 Å². The third-order valence-electron chi connectivity index (χ3n) is 2.72. The fourth-order valence-electron chi connectivity index (χ4n) is 1.55. The molecule has 0 saturated carbocycles. The van der Waals surface area contributed by atoms with E-state index in [9.17, 15) is 0 Å². The van der Waals surface area contributed by atoms with Crippen molar-refractivity contribution in [3.63, 3.8) is 0 Å². The molecule has 2 nitrogen and oxygen atoms in total. The maximum absolute atomic E-state index is 2.55. The molecule has 0 unspecified atom stereocenters. The molecule has 1 aliphatic rings. The first-order valence-corrected chi connectivity index (χ1v) is 4.55. The van der Waals surface area contributed by atoms with E-state index in [0.717, 1.165) is 6.04 Å². The Morgan fingerprint density at radius 1 is 1.27 bits per heavy atom. The highest BCUT2D eigenvalue weighted by atomic mass is 15.3. The zero-order valence-electron chi connectivity index (χ0n) is 8.17. The van der Waals surface area contributed by atoms with E-state index in [1.165, 1.54) is 19.6 Å². The predicted octanol–water partition coefficient (Wildman–Crippen LogP) is 1.03. The lowest BCUT2D eigenvalue weighted by Crippen LogP contribution is -2.52. The molecule has 0 N–H and O–H groups in total. The molecule has 1 aliphatic heterocycles. The van der Waals surface area contributed by atoms with Crippen LogP contribution in [0.15, 0.2) is 0 Å². The summed E-state index contributed by atoms with van der Waals surface area (Å²) in [6, 6.07) is 1.44. The molecule has 1 saturated heterocycles. The Hall–Kier alpha value is -0.0800. The molecule has 0 spiro atoms. The van der Waals surface area contributed by atoms with Gasteiger partial charge in [0.05, 0.1) is 0 Å². The average molecular weight is 156 g/mol. The van der Waals surface area contributed by atoms with Crippen LogP contribution in [0.5, 0.6) is 0 Å². The Morgan fingerprint density at radius 3 is 2.36 bits per heavy atom. The lowest BCUT2D eigenvalue weighted by Gasteiger charge is -2.39. The van der Waals surface area contributed by atoms with E-state index < -0.39 is 0 Å². The number of nitrogens with zero attached hydrogens (tertiary/aromatic N) is 2. The molecule has 0 aromatic rings. The maximum Gasteiger partial charge on any atom is 0.0192 e. The summed E-state index contributed by atoms with van der Waals surface area (Å²) in [5.41, 5.74) is 0. The summed E-state index contributed by atoms with van der Waals surface area (Å²) >= 11 is 0. The number of piperazine rings is 1. The van der Waals surface area contributed by atoms with Gasteiger partial charge in [0.15, 0.2) is 0 Å². The van der Waals surface area contributed by atoms with Gasteiger partial charge in [0.1, 0.15) is 0 Å². The van der Waals surface area contributed by atoms with Crippen molar-refractivity contribution >= 4 is 0 Å². The summed E-state index contributed by atoms with van der Waals surface area (Å²) in [6.45, 7) is 10.5. The van der Waals surface area contributed by atoms with E-state index in [4.69, 9.17) is 0 Å². The van der Waals surface area contributed by atoms with Crippen LogP contribution >= 0.6 is 0 Å². The van der Waals surface area contributed by atoms with Gasteiger partial charge in [-0.1, -0.05) is 0 Å². The molecule has 0 aliphatic carbocycles. The summed E-state index contributed by atoms with van der Waals surface area (Å²) < 4.78 is 0. The SMILES string of the molecule is CC(C)N1CCN(C)[C@H](C)C1. The van der Waals surface area contributed by atoms with E-state index in [1.807, 2.05) is 0 Å². The maximum atomic E-state index is 2.55. The fourth-order valence-corrected chi connectivity index (χ4v) is 1.55. The monoisotopic (exact) mass is 156 g/mol. The van der Waals surface area contributed by atoms with Gasteiger partial charge in [-0.3, -0.25) is 4.90 Å². The van der Waals surface area contributed by atoms with Gasteiger partial charge >= 0.3 is 0 Å². The molecule has 2 heteroatoms. The molecule has 1 atom stereocenters. The fraction of sp³-hybridized carbons (Fsp3) is 1.00.